The van der Waals surface area contributed by atoms with Gasteiger partial charge in [0.15, 0.2) is 5.78 Å². The molecule has 160 valence electrons. The Balaban J connectivity index is 1.53. The van der Waals surface area contributed by atoms with Gasteiger partial charge in [-0.25, -0.2) is 4.79 Å². The number of amides is 1. The maximum atomic E-state index is 12.3. The molecule has 0 saturated heterocycles. The van der Waals surface area contributed by atoms with Gasteiger partial charge in [-0.05, 0) is 35.2 Å². The number of ketones is 1. The Bertz CT molecular complexity index is 962. The van der Waals surface area contributed by atoms with Crippen molar-refractivity contribution >= 4 is 27.8 Å². The predicted octanol–water partition coefficient (Wildman–Crippen LogP) is 5.07. The van der Waals surface area contributed by atoms with E-state index in [9.17, 15) is 9.59 Å². The zero-order chi connectivity index (χ0) is 21.9. The molecule has 0 unspecified atom stereocenters. The highest BCUT2D eigenvalue weighted by molar-refractivity contribution is 9.09. The quantitative estimate of drug-likeness (QED) is 0.410. The first-order valence-corrected chi connectivity index (χ1v) is 11.1. The van der Waals surface area contributed by atoms with Gasteiger partial charge in [0.1, 0.15) is 19.0 Å². The molecule has 1 amide bonds. The first kappa shape index (κ1) is 22.6. The maximum Gasteiger partial charge on any atom is 0.408 e. The average Bonchev–Trinajstić information content (AvgIpc) is 2.82. The van der Waals surface area contributed by atoms with Crippen LogP contribution in [0, 0.1) is 0 Å². The molecule has 1 N–H and O–H groups in total. The van der Waals surface area contributed by atoms with Gasteiger partial charge in [-0.1, -0.05) is 88.7 Å². The van der Waals surface area contributed by atoms with Gasteiger partial charge in [0.2, 0.25) is 0 Å². The van der Waals surface area contributed by atoms with E-state index in [1.54, 1.807) is 0 Å². The van der Waals surface area contributed by atoms with E-state index >= 15 is 0 Å². The van der Waals surface area contributed by atoms with Crippen LogP contribution in [0.1, 0.15) is 16.7 Å². The topological polar surface area (TPSA) is 64.6 Å². The van der Waals surface area contributed by atoms with E-state index in [4.69, 9.17) is 9.47 Å². The number of Topliss-reactive ketones (excluding diaryl/α,β-unsaturated/α-hetero) is 1. The van der Waals surface area contributed by atoms with Crippen molar-refractivity contribution in [3.8, 4) is 5.75 Å². The summed E-state index contributed by atoms with van der Waals surface area (Å²) in [5.74, 6) is 0.618. The van der Waals surface area contributed by atoms with Crippen LogP contribution in [0.15, 0.2) is 84.9 Å². The summed E-state index contributed by atoms with van der Waals surface area (Å²) in [5.41, 5.74) is 2.88. The molecule has 0 radical (unpaired) electrons. The van der Waals surface area contributed by atoms with Crippen LogP contribution in [-0.2, 0) is 29.2 Å². The van der Waals surface area contributed by atoms with Gasteiger partial charge in [-0.3, -0.25) is 4.79 Å². The second-order valence-electron chi connectivity index (χ2n) is 6.98. The van der Waals surface area contributed by atoms with Crippen molar-refractivity contribution in [2.45, 2.75) is 25.7 Å². The summed E-state index contributed by atoms with van der Waals surface area (Å²) in [7, 11) is 0. The van der Waals surface area contributed by atoms with E-state index in [1.165, 1.54) is 0 Å². The number of ether oxygens (including phenoxy) is 2. The number of benzene rings is 3. The van der Waals surface area contributed by atoms with Crippen LogP contribution < -0.4 is 10.1 Å². The van der Waals surface area contributed by atoms with Gasteiger partial charge in [-0.15, -0.1) is 0 Å². The Morgan fingerprint density at radius 1 is 0.774 bits per heavy atom. The van der Waals surface area contributed by atoms with Crippen LogP contribution in [-0.4, -0.2) is 23.2 Å². The fourth-order valence-corrected chi connectivity index (χ4v) is 3.33. The van der Waals surface area contributed by atoms with Crippen LogP contribution in [0.3, 0.4) is 0 Å². The number of hydrogen-bond acceptors (Lipinski definition) is 4. The number of alkyl carbamates (subject to hydrolysis) is 1. The van der Waals surface area contributed by atoms with Crippen LogP contribution in [0.4, 0.5) is 4.79 Å². The van der Waals surface area contributed by atoms with E-state index < -0.39 is 12.1 Å². The third kappa shape index (κ3) is 7.57. The van der Waals surface area contributed by atoms with Gasteiger partial charge < -0.3 is 14.8 Å². The Morgan fingerprint density at radius 3 is 1.94 bits per heavy atom. The third-order valence-corrected chi connectivity index (χ3v) is 5.19. The van der Waals surface area contributed by atoms with E-state index in [0.717, 1.165) is 22.4 Å². The number of nitrogens with one attached hydrogen (secondary N) is 1. The predicted molar refractivity (Wildman–Crippen MR) is 123 cm³/mol. The number of rotatable bonds is 10. The first-order valence-electron chi connectivity index (χ1n) is 9.95. The minimum Gasteiger partial charge on any atom is -0.489 e. The minimum atomic E-state index is -0.682. The molecule has 0 fully saturated rings. The summed E-state index contributed by atoms with van der Waals surface area (Å²) >= 11 is 3.19. The Kier molecular flexibility index (Phi) is 8.67. The number of halogens is 1. The molecule has 0 aliphatic carbocycles. The molecule has 0 aliphatic rings. The van der Waals surface area contributed by atoms with Crippen molar-refractivity contribution in [3.05, 3.63) is 102 Å². The van der Waals surface area contributed by atoms with Crippen molar-refractivity contribution in [3.63, 3.8) is 0 Å². The fraction of sp³-hybridized carbons (Fsp3) is 0.200. The van der Waals surface area contributed by atoms with E-state index in [-0.39, 0.29) is 17.7 Å². The summed E-state index contributed by atoms with van der Waals surface area (Å²) in [6, 6.07) is 26.1. The lowest BCUT2D eigenvalue weighted by molar-refractivity contribution is -0.118. The van der Waals surface area contributed by atoms with Crippen molar-refractivity contribution in [1.29, 1.82) is 0 Å². The normalized spacial score (nSPS) is 11.4. The second kappa shape index (κ2) is 11.9. The molecule has 3 aromatic carbocycles. The molecule has 3 rings (SSSR count). The highest BCUT2D eigenvalue weighted by Crippen LogP contribution is 2.16. The first-order chi connectivity index (χ1) is 15.1. The lowest BCUT2D eigenvalue weighted by atomic mass is 10.0. The molecule has 0 heterocycles. The third-order valence-electron chi connectivity index (χ3n) is 4.64. The second-order valence-corrected chi connectivity index (χ2v) is 7.54. The SMILES string of the molecule is O=C(N[C@@H](Cc1ccc(OCc2ccccc2)cc1)C(=O)CBr)OCc1ccccc1. The van der Waals surface area contributed by atoms with E-state index in [1.807, 2.05) is 84.9 Å². The maximum absolute atomic E-state index is 12.3. The van der Waals surface area contributed by atoms with Gasteiger partial charge in [0, 0.05) is 0 Å². The molecular weight excluding hydrogens is 458 g/mol. The van der Waals surface area contributed by atoms with E-state index in [2.05, 4.69) is 21.2 Å². The molecule has 5 nitrogen and oxygen atoms in total. The fourth-order valence-electron chi connectivity index (χ4n) is 2.94. The smallest absolute Gasteiger partial charge is 0.408 e. The molecule has 31 heavy (non-hydrogen) atoms. The summed E-state index contributed by atoms with van der Waals surface area (Å²) in [5, 5.41) is 2.82. The molecule has 0 saturated carbocycles. The minimum absolute atomic E-state index is 0.124. The Hall–Kier alpha value is -3.12. The van der Waals surface area contributed by atoms with Crippen molar-refractivity contribution in [2.75, 3.05) is 5.33 Å². The average molecular weight is 482 g/mol. The van der Waals surface area contributed by atoms with Gasteiger partial charge in [0.25, 0.3) is 0 Å². The molecule has 0 aromatic heterocycles. The van der Waals surface area contributed by atoms with Crippen LogP contribution >= 0.6 is 15.9 Å². The number of hydrogen-bond donors (Lipinski definition) is 1. The largest absolute Gasteiger partial charge is 0.489 e. The van der Waals surface area contributed by atoms with Gasteiger partial charge in [0.05, 0.1) is 11.4 Å². The molecule has 0 aliphatic heterocycles. The number of carbonyl (C=O) groups excluding carboxylic acids is 2. The number of alkyl halides is 1. The summed E-state index contributed by atoms with van der Waals surface area (Å²) < 4.78 is 11.0. The van der Waals surface area contributed by atoms with Crippen LogP contribution in [0.2, 0.25) is 0 Å². The molecule has 3 aromatic rings. The zero-order valence-corrected chi connectivity index (χ0v) is 18.6. The van der Waals surface area contributed by atoms with Gasteiger partial charge in [-0.2, -0.15) is 0 Å². The Labute approximate surface area is 190 Å². The molecule has 6 heteroatoms. The van der Waals surface area contributed by atoms with Crippen molar-refractivity contribution < 1.29 is 19.1 Å². The van der Waals surface area contributed by atoms with Gasteiger partial charge >= 0.3 is 6.09 Å². The van der Waals surface area contributed by atoms with Crippen LogP contribution in [0.5, 0.6) is 5.75 Å². The summed E-state index contributed by atoms with van der Waals surface area (Å²) in [6.45, 7) is 0.634. The molecular formula is C25H24BrNO4. The number of carbonyl (C=O) groups is 2. The summed E-state index contributed by atoms with van der Waals surface area (Å²) in [6.07, 6.45) is -0.255. The molecule has 1 atom stereocenters. The highest BCUT2D eigenvalue weighted by atomic mass is 79.9. The molecule has 0 spiro atoms. The monoisotopic (exact) mass is 481 g/mol. The summed E-state index contributed by atoms with van der Waals surface area (Å²) in [4.78, 5) is 24.5. The van der Waals surface area contributed by atoms with E-state index in [0.29, 0.717) is 13.0 Å². The van der Waals surface area contributed by atoms with Crippen molar-refractivity contribution in [2.24, 2.45) is 0 Å². The van der Waals surface area contributed by atoms with Crippen molar-refractivity contribution in [1.82, 2.24) is 5.32 Å². The van der Waals surface area contributed by atoms with Crippen LogP contribution in [0.25, 0.3) is 0 Å². The standard InChI is InChI=1S/C25H24BrNO4/c26-16-24(28)23(27-25(29)31-18-21-9-5-2-6-10-21)15-19-11-13-22(14-12-19)30-17-20-7-3-1-4-8-20/h1-14,23H,15-18H2,(H,27,29)/t23-/m0/s1. The molecule has 0 bridgehead atoms. The lowest BCUT2D eigenvalue weighted by Gasteiger charge is -2.17. The zero-order valence-electron chi connectivity index (χ0n) is 17.0. The Morgan fingerprint density at radius 2 is 1.35 bits per heavy atom. The highest BCUT2D eigenvalue weighted by Gasteiger charge is 2.21. The lowest BCUT2D eigenvalue weighted by Crippen LogP contribution is -2.43.